The maximum absolute atomic E-state index is 5.89. The predicted molar refractivity (Wildman–Crippen MR) is 82.0 cm³/mol. The first kappa shape index (κ1) is 14.2. The van der Waals surface area contributed by atoms with Crippen molar-refractivity contribution in [3.8, 4) is 5.75 Å². The summed E-state index contributed by atoms with van der Waals surface area (Å²) in [7, 11) is 1.92. The van der Waals surface area contributed by atoms with Crippen molar-refractivity contribution in [2.75, 3.05) is 17.6 Å². The molecule has 1 heterocycles. The summed E-state index contributed by atoms with van der Waals surface area (Å²) in [6.07, 6.45) is 2.94. The topological polar surface area (TPSA) is 65.1 Å². The number of anilines is 2. The second kappa shape index (κ2) is 6.32. The zero-order valence-electron chi connectivity index (χ0n) is 12.3. The molecule has 5 nitrogen and oxygen atoms in total. The van der Waals surface area contributed by atoms with Crippen LogP contribution in [0.25, 0.3) is 0 Å². The lowest BCUT2D eigenvalue weighted by molar-refractivity contribution is 0.244. The van der Waals surface area contributed by atoms with Crippen LogP contribution in [0.3, 0.4) is 0 Å². The number of aromatic nitrogens is 2. The van der Waals surface area contributed by atoms with Gasteiger partial charge in [-0.3, -0.25) is 4.68 Å². The Balaban J connectivity index is 1.92. The average Bonchev–Trinajstić information content (AvgIpc) is 2.78. The summed E-state index contributed by atoms with van der Waals surface area (Å²) < 4.78 is 7.49. The minimum Gasteiger partial charge on any atom is -0.489 e. The van der Waals surface area contributed by atoms with Crippen LogP contribution in [0.15, 0.2) is 30.5 Å². The molecule has 1 aromatic heterocycles. The first-order valence-corrected chi connectivity index (χ1v) is 6.83. The molecule has 0 atom stereocenters. The first-order chi connectivity index (χ1) is 9.54. The summed E-state index contributed by atoms with van der Waals surface area (Å²) in [6.45, 7) is 4.79. The van der Waals surface area contributed by atoms with Crippen molar-refractivity contribution in [2.45, 2.75) is 26.4 Å². The Labute approximate surface area is 119 Å². The van der Waals surface area contributed by atoms with Gasteiger partial charge in [-0.25, -0.2) is 0 Å². The number of nitrogens with zero attached hydrogens (tertiary/aromatic N) is 2. The van der Waals surface area contributed by atoms with Gasteiger partial charge in [0.05, 0.1) is 17.5 Å². The maximum atomic E-state index is 5.89. The van der Waals surface area contributed by atoms with Gasteiger partial charge in [0.2, 0.25) is 0 Å². The lowest BCUT2D eigenvalue weighted by Crippen LogP contribution is -2.09. The number of aryl methyl sites for hydroxylation is 1. The van der Waals surface area contributed by atoms with Crippen LogP contribution in [-0.4, -0.2) is 22.4 Å². The molecule has 0 aliphatic carbocycles. The van der Waals surface area contributed by atoms with E-state index in [-0.39, 0.29) is 6.10 Å². The molecule has 0 saturated heterocycles. The zero-order valence-corrected chi connectivity index (χ0v) is 12.3. The van der Waals surface area contributed by atoms with Crippen molar-refractivity contribution in [1.29, 1.82) is 0 Å². The Hall–Kier alpha value is -2.17. The Morgan fingerprint density at radius 1 is 1.35 bits per heavy atom. The van der Waals surface area contributed by atoms with Crippen molar-refractivity contribution < 1.29 is 4.74 Å². The fraction of sp³-hybridized carbons (Fsp3) is 0.400. The fourth-order valence-corrected chi connectivity index (χ4v) is 1.93. The lowest BCUT2D eigenvalue weighted by Gasteiger charge is -2.14. The van der Waals surface area contributed by atoms with E-state index in [1.165, 1.54) is 0 Å². The molecule has 0 radical (unpaired) electrons. The van der Waals surface area contributed by atoms with Crippen LogP contribution in [-0.2, 0) is 13.5 Å². The van der Waals surface area contributed by atoms with Crippen molar-refractivity contribution in [3.63, 3.8) is 0 Å². The summed E-state index contributed by atoms with van der Waals surface area (Å²) in [4.78, 5) is 0. The highest BCUT2D eigenvalue weighted by molar-refractivity contribution is 5.61. The molecule has 2 aromatic rings. The van der Waals surface area contributed by atoms with Gasteiger partial charge in [0.1, 0.15) is 5.75 Å². The number of rotatable bonds is 6. The number of hydrogen-bond donors (Lipinski definition) is 2. The molecule has 20 heavy (non-hydrogen) atoms. The molecule has 0 unspecified atom stereocenters. The molecule has 108 valence electrons. The van der Waals surface area contributed by atoms with Crippen molar-refractivity contribution in [3.05, 3.63) is 36.2 Å². The average molecular weight is 274 g/mol. The molecule has 3 N–H and O–H groups in total. The summed E-state index contributed by atoms with van der Waals surface area (Å²) in [5, 5.41) is 7.70. The number of hydrogen-bond acceptors (Lipinski definition) is 4. The fourth-order valence-electron chi connectivity index (χ4n) is 1.93. The molecular weight excluding hydrogens is 252 g/mol. The largest absolute Gasteiger partial charge is 0.489 e. The van der Waals surface area contributed by atoms with Crippen LogP contribution in [0.4, 0.5) is 11.4 Å². The van der Waals surface area contributed by atoms with Gasteiger partial charge in [0.25, 0.3) is 0 Å². The molecule has 0 spiro atoms. The highest BCUT2D eigenvalue weighted by Crippen LogP contribution is 2.26. The number of ether oxygens (including phenoxy) is 1. The molecule has 0 amide bonds. The van der Waals surface area contributed by atoms with E-state index in [1.54, 1.807) is 0 Å². The Morgan fingerprint density at radius 2 is 2.15 bits per heavy atom. The van der Waals surface area contributed by atoms with E-state index in [0.717, 1.165) is 30.1 Å². The Morgan fingerprint density at radius 3 is 2.80 bits per heavy atom. The molecule has 0 saturated carbocycles. The van der Waals surface area contributed by atoms with E-state index in [0.29, 0.717) is 5.69 Å². The summed E-state index contributed by atoms with van der Waals surface area (Å²) >= 11 is 0. The second-order valence-corrected chi connectivity index (χ2v) is 5.08. The molecule has 2 rings (SSSR count). The van der Waals surface area contributed by atoms with E-state index < -0.39 is 0 Å². The monoisotopic (exact) mass is 274 g/mol. The van der Waals surface area contributed by atoms with E-state index in [1.807, 2.05) is 56.0 Å². The molecule has 0 bridgehead atoms. The highest BCUT2D eigenvalue weighted by atomic mass is 16.5. The molecular formula is C15H22N4O. The Bertz CT molecular complexity index is 563. The minimum absolute atomic E-state index is 0.112. The van der Waals surface area contributed by atoms with E-state index in [9.17, 15) is 0 Å². The number of nitrogens with one attached hydrogen (secondary N) is 1. The summed E-state index contributed by atoms with van der Waals surface area (Å²) in [6, 6.07) is 7.79. The summed E-state index contributed by atoms with van der Waals surface area (Å²) in [5.74, 6) is 0.725. The lowest BCUT2D eigenvalue weighted by atomic mass is 10.2. The normalized spacial score (nSPS) is 10.8. The van der Waals surface area contributed by atoms with Gasteiger partial charge in [-0.05, 0) is 32.0 Å². The van der Waals surface area contributed by atoms with Gasteiger partial charge >= 0.3 is 0 Å². The SMILES string of the molecule is CC(C)Oc1cc(NCCc2ccn(C)n2)ccc1N. The van der Waals surface area contributed by atoms with Crippen LogP contribution in [0.1, 0.15) is 19.5 Å². The van der Waals surface area contributed by atoms with E-state index >= 15 is 0 Å². The first-order valence-electron chi connectivity index (χ1n) is 6.83. The molecule has 5 heteroatoms. The number of nitrogen functional groups attached to an aromatic ring is 1. The van der Waals surface area contributed by atoms with Crippen molar-refractivity contribution >= 4 is 11.4 Å². The maximum Gasteiger partial charge on any atom is 0.144 e. The van der Waals surface area contributed by atoms with Crippen LogP contribution in [0.5, 0.6) is 5.75 Å². The van der Waals surface area contributed by atoms with Gasteiger partial charge in [0, 0.05) is 38.0 Å². The van der Waals surface area contributed by atoms with Crippen LogP contribution >= 0.6 is 0 Å². The zero-order chi connectivity index (χ0) is 14.5. The quantitative estimate of drug-likeness (QED) is 0.794. The Kier molecular flexibility index (Phi) is 4.50. The third-order valence-corrected chi connectivity index (χ3v) is 2.86. The van der Waals surface area contributed by atoms with Crippen molar-refractivity contribution in [1.82, 2.24) is 9.78 Å². The van der Waals surface area contributed by atoms with E-state index in [4.69, 9.17) is 10.5 Å². The number of nitrogens with two attached hydrogens (primary N) is 1. The molecule has 0 aliphatic rings. The minimum atomic E-state index is 0.112. The molecule has 0 aliphatic heterocycles. The molecule has 0 fully saturated rings. The van der Waals surface area contributed by atoms with Gasteiger partial charge < -0.3 is 15.8 Å². The second-order valence-electron chi connectivity index (χ2n) is 5.08. The molecule has 1 aromatic carbocycles. The van der Waals surface area contributed by atoms with Gasteiger partial charge in [0.15, 0.2) is 0 Å². The van der Waals surface area contributed by atoms with E-state index in [2.05, 4.69) is 10.4 Å². The predicted octanol–water partition coefficient (Wildman–Crippen LogP) is 2.44. The highest BCUT2D eigenvalue weighted by Gasteiger charge is 2.04. The number of benzene rings is 1. The van der Waals surface area contributed by atoms with Crippen LogP contribution < -0.4 is 15.8 Å². The van der Waals surface area contributed by atoms with Gasteiger partial charge in [-0.2, -0.15) is 5.10 Å². The van der Waals surface area contributed by atoms with Crippen molar-refractivity contribution in [2.24, 2.45) is 7.05 Å². The van der Waals surface area contributed by atoms with Gasteiger partial charge in [-0.15, -0.1) is 0 Å². The van der Waals surface area contributed by atoms with Crippen LogP contribution in [0.2, 0.25) is 0 Å². The smallest absolute Gasteiger partial charge is 0.144 e. The standard InChI is InChI=1S/C15H22N4O/c1-11(2)20-15-10-13(4-5-14(15)16)17-8-6-12-7-9-19(3)18-12/h4-5,7,9-11,17H,6,8,16H2,1-3H3. The van der Waals surface area contributed by atoms with Crippen LogP contribution in [0, 0.1) is 0 Å². The van der Waals surface area contributed by atoms with Gasteiger partial charge in [-0.1, -0.05) is 0 Å². The third-order valence-electron chi connectivity index (χ3n) is 2.86. The third kappa shape index (κ3) is 3.91. The summed E-state index contributed by atoms with van der Waals surface area (Å²) in [5.41, 5.74) is 8.64.